The quantitative estimate of drug-likeness (QED) is 0.615. The third kappa shape index (κ3) is 4.27. The van der Waals surface area contributed by atoms with Gasteiger partial charge in [-0.05, 0) is 43.2 Å². The van der Waals surface area contributed by atoms with Gasteiger partial charge in [0.05, 0.1) is 17.8 Å². The third-order valence-electron chi connectivity index (χ3n) is 4.02. The number of aryl methyl sites for hydroxylation is 1. The van der Waals surface area contributed by atoms with E-state index in [0.29, 0.717) is 17.0 Å². The molecule has 0 aliphatic carbocycles. The van der Waals surface area contributed by atoms with Gasteiger partial charge in [-0.1, -0.05) is 0 Å². The van der Waals surface area contributed by atoms with E-state index >= 15 is 0 Å². The van der Waals surface area contributed by atoms with E-state index in [1.54, 1.807) is 12.3 Å². The summed E-state index contributed by atoms with van der Waals surface area (Å²) >= 11 is 1.40. The van der Waals surface area contributed by atoms with Crippen LogP contribution in [-0.4, -0.2) is 31.7 Å². The number of nitrogens with two attached hydrogens (primary N) is 1. The van der Waals surface area contributed by atoms with E-state index in [1.807, 2.05) is 19.1 Å². The van der Waals surface area contributed by atoms with Crippen molar-refractivity contribution in [1.82, 2.24) is 19.3 Å². The van der Waals surface area contributed by atoms with Gasteiger partial charge in [0, 0.05) is 23.2 Å². The first kappa shape index (κ1) is 21.7. The Hall–Kier alpha value is -2.62. The van der Waals surface area contributed by atoms with Crippen molar-refractivity contribution in [1.29, 1.82) is 0 Å². The second-order valence-corrected chi connectivity index (χ2v) is 7.08. The lowest BCUT2D eigenvalue weighted by Crippen LogP contribution is -2.26. The lowest BCUT2D eigenvalue weighted by Gasteiger charge is -2.06. The molecule has 0 amide bonds. The predicted molar refractivity (Wildman–Crippen MR) is 109 cm³/mol. The van der Waals surface area contributed by atoms with Crippen LogP contribution in [0, 0.1) is 6.92 Å². The van der Waals surface area contributed by atoms with Crippen molar-refractivity contribution in [2.24, 2.45) is 5.73 Å². The molecule has 0 saturated heterocycles. The number of rotatable bonds is 6. The Morgan fingerprint density at radius 1 is 1.39 bits per heavy atom. The van der Waals surface area contributed by atoms with Crippen molar-refractivity contribution < 1.29 is 9.18 Å². The molecule has 28 heavy (non-hydrogen) atoms. The minimum Gasteiger partial charge on any atom is -0.327 e. The molecule has 0 atom stereocenters. The van der Waals surface area contributed by atoms with Crippen LogP contribution in [0.2, 0.25) is 0 Å². The normalized spacial score (nSPS) is 11.4. The Bertz CT molecular complexity index is 1090. The zero-order valence-electron chi connectivity index (χ0n) is 15.3. The maximum Gasteiger partial charge on any atom is 0.351 e. The molecule has 0 aliphatic rings. The van der Waals surface area contributed by atoms with E-state index in [0.717, 1.165) is 20.7 Å². The molecule has 0 bridgehead atoms. The lowest BCUT2D eigenvalue weighted by atomic mass is 10.2. The summed E-state index contributed by atoms with van der Waals surface area (Å²) in [6, 6.07) is 5.56. The summed E-state index contributed by atoms with van der Waals surface area (Å²) in [6.07, 6.45) is 3.39. The Labute approximate surface area is 170 Å². The molecule has 3 rings (SSSR count). The summed E-state index contributed by atoms with van der Waals surface area (Å²) in [7, 11) is 0. The van der Waals surface area contributed by atoms with Crippen molar-refractivity contribution >= 4 is 29.5 Å². The van der Waals surface area contributed by atoms with E-state index in [9.17, 15) is 14.0 Å². The number of aromatic nitrogens is 4. The molecule has 0 aliphatic heterocycles. The zero-order chi connectivity index (χ0) is 19.6. The maximum absolute atomic E-state index is 12.7. The van der Waals surface area contributed by atoms with Crippen LogP contribution in [0.3, 0.4) is 0 Å². The summed E-state index contributed by atoms with van der Waals surface area (Å²) in [5, 5.41) is 4.00. The summed E-state index contributed by atoms with van der Waals surface area (Å²) in [5.74, 6) is 0.461. The molecule has 0 aromatic carbocycles. The average molecular weight is 424 g/mol. The molecule has 7 nitrogen and oxygen atoms in total. The van der Waals surface area contributed by atoms with Crippen molar-refractivity contribution in [3.05, 3.63) is 63.6 Å². The number of halogens is 2. The lowest BCUT2D eigenvalue weighted by molar-refractivity contribution is 0.102. The van der Waals surface area contributed by atoms with Crippen LogP contribution >= 0.6 is 23.7 Å². The first-order valence-corrected chi connectivity index (χ1v) is 8.97. The van der Waals surface area contributed by atoms with Crippen molar-refractivity contribution in [3.8, 4) is 16.3 Å². The molecule has 0 spiro atoms. The van der Waals surface area contributed by atoms with Crippen LogP contribution in [0.15, 0.2) is 47.4 Å². The minimum atomic E-state index is -0.430. The van der Waals surface area contributed by atoms with Crippen LogP contribution in [0.4, 0.5) is 4.39 Å². The van der Waals surface area contributed by atoms with Gasteiger partial charge in [0.2, 0.25) is 0 Å². The molecule has 3 aromatic heterocycles. The van der Waals surface area contributed by atoms with Crippen LogP contribution in [-0.2, 0) is 6.54 Å². The molecule has 148 valence electrons. The minimum absolute atomic E-state index is 0. The highest BCUT2D eigenvalue weighted by atomic mass is 35.5. The van der Waals surface area contributed by atoms with Gasteiger partial charge in [0.1, 0.15) is 12.1 Å². The second-order valence-electron chi connectivity index (χ2n) is 6.00. The van der Waals surface area contributed by atoms with E-state index < -0.39 is 5.69 Å². The molecule has 3 heterocycles. The van der Waals surface area contributed by atoms with Crippen LogP contribution in [0.5, 0.6) is 0 Å². The number of hydrogen-bond acceptors (Lipinski definition) is 6. The fourth-order valence-corrected chi connectivity index (χ4v) is 3.45. The number of pyridine rings is 1. The topological polar surface area (TPSA) is 95.8 Å². The zero-order valence-corrected chi connectivity index (χ0v) is 16.9. The first-order valence-electron chi connectivity index (χ1n) is 8.15. The molecule has 0 radical (unpaired) electrons. The van der Waals surface area contributed by atoms with Crippen LogP contribution in [0.1, 0.15) is 22.2 Å². The van der Waals surface area contributed by atoms with Crippen molar-refractivity contribution in [2.75, 3.05) is 6.54 Å². The SMILES string of the molecule is CC(=O)c1ccc(-c2cnc(-n3cnn(C/C(=C/F)CN)c3=O)c(C)c2)s1.Cl. The molecule has 0 unspecified atom stereocenters. The Morgan fingerprint density at radius 2 is 2.14 bits per heavy atom. The molecular formula is C18H19ClFN5O2S. The molecule has 10 heteroatoms. The smallest absolute Gasteiger partial charge is 0.327 e. The number of nitrogens with zero attached hydrogens (tertiary/aromatic N) is 4. The summed E-state index contributed by atoms with van der Waals surface area (Å²) in [5.41, 5.74) is 6.89. The summed E-state index contributed by atoms with van der Waals surface area (Å²) in [4.78, 5) is 30.0. The predicted octanol–water partition coefficient (Wildman–Crippen LogP) is 2.90. The van der Waals surface area contributed by atoms with Gasteiger partial charge in [0.15, 0.2) is 5.78 Å². The highest BCUT2D eigenvalue weighted by Crippen LogP contribution is 2.29. The van der Waals surface area contributed by atoms with Crippen LogP contribution < -0.4 is 11.4 Å². The van der Waals surface area contributed by atoms with Gasteiger partial charge < -0.3 is 5.73 Å². The number of thiophene rings is 1. The fraction of sp³-hybridized carbons (Fsp3) is 0.222. The monoisotopic (exact) mass is 423 g/mol. The van der Waals surface area contributed by atoms with E-state index in [4.69, 9.17) is 5.73 Å². The third-order valence-corrected chi connectivity index (χ3v) is 5.25. The van der Waals surface area contributed by atoms with Gasteiger partial charge in [-0.15, -0.1) is 23.7 Å². The van der Waals surface area contributed by atoms with E-state index in [2.05, 4.69) is 10.1 Å². The average Bonchev–Trinajstić information content (AvgIpc) is 3.27. The number of carbonyl (C=O) groups is 1. The number of Topliss-reactive ketones (excluding diaryl/α,β-unsaturated/α-hetero) is 1. The number of carbonyl (C=O) groups excluding carboxylic acids is 1. The fourth-order valence-electron chi connectivity index (χ4n) is 2.56. The number of hydrogen-bond donors (Lipinski definition) is 1. The molecule has 0 saturated carbocycles. The highest BCUT2D eigenvalue weighted by molar-refractivity contribution is 7.17. The van der Waals surface area contributed by atoms with Crippen molar-refractivity contribution in [2.45, 2.75) is 20.4 Å². The van der Waals surface area contributed by atoms with E-state index in [-0.39, 0.29) is 36.9 Å². The largest absolute Gasteiger partial charge is 0.351 e. The summed E-state index contributed by atoms with van der Waals surface area (Å²) in [6.45, 7) is 3.35. The maximum atomic E-state index is 12.7. The van der Waals surface area contributed by atoms with Crippen molar-refractivity contribution in [3.63, 3.8) is 0 Å². The highest BCUT2D eigenvalue weighted by Gasteiger charge is 2.13. The molecular weight excluding hydrogens is 405 g/mol. The van der Waals surface area contributed by atoms with E-state index in [1.165, 1.54) is 29.2 Å². The molecule has 0 fully saturated rings. The van der Waals surface area contributed by atoms with Gasteiger partial charge in [0.25, 0.3) is 0 Å². The van der Waals surface area contributed by atoms with Crippen LogP contribution in [0.25, 0.3) is 16.3 Å². The first-order chi connectivity index (χ1) is 12.9. The molecule has 3 aromatic rings. The molecule has 2 N–H and O–H groups in total. The summed E-state index contributed by atoms with van der Waals surface area (Å²) < 4.78 is 15.1. The Morgan fingerprint density at radius 3 is 2.71 bits per heavy atom. The second kappa shape index (κ2) is 9.05. The number of ketones is 1. The Balaban J connectivity index is 0.00000280. The standard InChI is InChI=1S/C18H18FN5O2S.ClH/c1-11-5-14(16-4-3-15(27-16)12(2)25)8-21-17(11)23-10-22-24(18(23)26)9-13(6-19)7-20;/h3-6,8,10H,7,9,20H2,1-2H3;1H/b13-6+;. The van der Waals surface area contributed by atoms with Gasteiger partial charge in [-0.3, -0.25) is 4.79 Å². The van der Waals surface area contributed by atoms with Gasteiger partial charge >= 0.3 is 5.69 Å². The Kier molecular flexibility index (Phi) is 7.00. The van der Waals surface area contributed by atoms with Gasteiger partial charge in [-0.25, -0.2) is 23.4 Å². The van der Waals surface area contributed by atoms with Gasteiger partial charge in [-0.2, -0.15) is 5.10 Å².